The standard InChI is InChI=1S/C28H38O3/c1-19(8-9-20-5-3-7-23(29)15-20)26-12-13-27-22(6-4-14-28(26,27)2)11-10-21-16-24(30)18-25(31)17-21/h3,5,7-11,15,19,24-27,29-31H,4,6,12-14,16-18H2,1-2H3/b9-8+,22-11+/t19-,24+,25+,26+,27-,28+/m0/s1. The lowest BCUT2D eigenvalue weighted by Crippen LogP contribution is -2.35. The summed E-state index contributed by atoms with van der Waals surface area (Å²) in [7, 11) is 0. The van der Waals surface area contributed by atoms with Crippen LogP contribution in [-0.2, 0) is 0 Å². The lowest BCUT2D eigenvalue weighted by atomic mass is 9.61. The van der Waals surface area contributed by atoms with Crippen molar-refractivity contribution >= 4 is 6.08 Å². The molecule has 1 aromatic carbocycles. The number of benzene rings is 1. The average Bonchev–Trinajstić information content (AvgIpc) is 3.07. The third-order valence-corrected chi connectivity index (χ3v) is 8.21. The van der Waals surface area contributed by atoms with E-state index in [1.54, 1.807) is 11.6 Å². The number of hydrogen-bond donors (Lipinski definition) is 3. The molecule has 0 saturated heterocycles. The van der Waals surface area contributed by atoms with E-state index in [2.05, 4.69) is 38.2 Å². The smallest absolute Gasteiger partial charge is 0.116 e. The molecule has 3 nitrogen and oxygen atoms in total. The Morgan fingerprint density at radius 2 is 1.87 bits per heavy atom. The van der Waals surface area contributed by atoms with Gasteiger partial charge in [-0.3, -0.25) is 0 Å². The average molecular weight is 423 g/mol. The third kappa shape index (κ3) is 4.99. The van der Waals surface area contributed by atoms with E-state index >= 15 is 0 Å². The molecule has 1 aromatic rings. The summed E-state index contributed by atoms with van der Waals surface area (Å²) in [5.41, 5.74) is 4.14. The molecule has 3 aliphatic rings. The molecular weight excluding hydrogens is 384 g/mol. The molecule has 3 fully saturated rings. The molecule has 0 radical (unpaired) electrons. The van der Waals surface area contributed by atoms with Crippen molar-refractivity contribution in [3.05, 3.63) is 59.2 Å². The minimum atomic E-state index is -0.403. The van der Waals surface area contributed by atoms with E-state index in [0.29, 0.717) is 48.2 Å². The molecule has 4 rings (SSSR count). The zero-order valence-electron chi connectivity index (χ0n) is 19.0. The molecule has 0 aromatic heterocycles. The molecule has 31 heavy (non-hydrogen) atoms. The Morgan fingerprint density at radius 3 is 2.61 bits per heavy atom. The maximum absolute atomic E-state index is 9.98. The van der Waals surface area contributed by atoms with Crippen LogP contribution in [0.2, 0.25) is 0 Å². The number of rotatable bonds is 4. The first-order valence-corrected chi connectivity index (χ1v) is 12.1. The summed E-state index contributed by atoms with van der Waals surface area (Å²) in [4.78, 5) is 0. The van der Waals surface area contributed by atoms with E-state index in [-0.39, 0.29) is 0 Å². The first-order valence-electron chi connectivity index (χ1n) is 12.1. The summed E-state index contributed by atoms with van der Waals surface area (Å²) in [6.07, 6.45) is 16.3. The van der Waals surface area contributed by atoms with Gasteiger partial charge in [-0.05, 0) is 92.2 Å². The molecule has 3 N–H and O–H groups in total. The topological polar surface area (TPSA) is 60.7 Å². The van der Waals surface area contributed by atoms with Crippen LogP contribution in [-0.4, -0.2) is 27.5 Å². The van der Waals surface area contributed by atoms with Gasteiger partial charge in [-0.25, -0.2) is 0 Å². The molecule has 3 saturated carbocycles. The summed E-state index contributed by atoms with van der Waals surface area (Å²) in [5, 5.41) is 29.7. The van der Waals surface area contributed by atoms with Crippen molar-refractivity contribution in [3.63, 3.8) is 0 Å². The van der Waals surface area contributed by atoms with Crippen LogP contribution in [0.3, 0.4) is 0 Å². The summed E-state index contributed by atoms with van der Waals surface area (Å²) >= 11 is 0. The van der Waals surface area contributed by atoms with E-state index in [4.69, 9.17) is 0 Å². The quantitative estimate of drug-likeness (QED) is 0.556. The number of phenolic OH excluding ortho intramolecular Hbond substituents is 1. The van der Waals surface area contributed by atoms with E-state index in [1.165, 1.54) is 37.7 Å². The molecule has 0 unspecified atom stereocenters. The molecule has 0 amide bonds. The highest BCUT2D eigenvalue weighted by atomic mass is 16.3. The van der Waals surface area contributed by atoms with Gasteiger partial charge in [-0.15, -0.1) is 0 Å². The number of aromatic hydroxyl groups is 1. The Bertz CT molecular complexity index is 855. The Balaban J connectivity index is 1.48. The number of phenols is 1. The van der Waals surface area contributed by atoms with E-state index in [0.717, 1.165) is 5.56 Å². The van der Waals surface area contributed by atoms with Gasteiger partial charge < -0.3 is 15.3 Å². The maximum Gasteiger partial charge on any atom is 0.116 e. The van der Waals surface area contributed by atoms with Crippen molar-refractivity contribution in [2.24, 2.45) is 23.2 Å². The second-order valence-corrected chi connectivity index (χ2v) is 10.4. The van der Waals surface area contributed by atoms with Crippen LogP contribution in [0.15, 0.2) is 53.6 Å². The SMILES string of the molecule is C[C@@H](/C=C/c1cccc(O)c1)[C@H]1CC[C@H]2/C(=C/C=C3C[C@@H](O)C[C@H](O)C3)CCC[C@]12C. The second kappa shape index (κ2) is 9.34. The third-order valence-electron chi connectivity index (χ3n) is 8.21. The van der Waals surface area contributed by atoms with Crippen molar-refractivity contribution in [2.45, 2.75) is 77.4 Å². The number of fused-ring (bicyclic) bond motifs is 1. The summed E-state index contributed by atoms with van der Waals surface area (Å²) in [5.74, 6) is 2.12. The van der Waals surface area contributed by atoms with Crippen LogP contribution >= 0.6 is 0 Å². The van der Waals surface area contributed by atoms with Gasteiger partial charge in [0.15, 0.2) is 0 Å². The highest BCUT2D eigenvalue weighted by Crippen LogP contribution is 2.59. The van der Waals surface area contributed by atoms with Gasteiger partial charge in [0.05, 0.1) is 12.2 Å². The predicted octanol–water partition coefficient (Wildman–Crippen LogP) is 6.02. The first-order chi connectivity index (χ1) is 14.8. The zero-order chi connectivity index (χ0) is 22.0. The number of allylic oxidation sites excluding steroid dienone is 4. The number of aliphatic hydroxyl groups is 2. The maximum atomic E-state index is 9.98. The lowest BCUT2D eigenvalue weighted by molar-refractivity contribution is 0.0609. The van der Waals surface area contributed by atoms with Crippen molar-refractivity contribution in [2.75, 3.05) is 0 Å². The lowest BCUT2D eigenvalue weighted by Gasteiger charge is -2.44. The van der Waals surface area contributed by atoms with Gasteiger partial charge in [-0.1, -0.05) is 61.4 Å². The van der Waals surface area contributed by atoms with Crippen LogP contribution < -0.4 is 0 Å². The fraction of sp³-hybridized carbons (Fsp3) is 0.571. The minimum Gasteiger partial charge on any atom is -0.508 e. The largest absolute Gasteiger partial charge is 0.508 e. The predicted molar refractivity (Wildman–Crippen MR) is 127 cm³/mol. The fourth-order valence-electron chi connectivity index (χ4n) is 6.70. The second-order valence-electron chi connectivity index (χ2n) is 10.4. The van der Waals surface area contributed by atoms with Crippen LogP contribution in [0.4, 0.5) is 0 Å². The van der Waals surface area contributed by atoms with Gasteiger partial charge in [0.2, 0.25) is 0 Å². The summed E-state index contributed by atoms with van der Waals surface area (Å²) in [6.45, 7) is 4.85. The number of hydrogen-bond acceptors (Lipinski definition) is 3. The van der Waals surface area contributed by atoms with Gasteiger partial charge in [0, 0.05) is 0 Å². The molecule has 0 bridgehead atoms. The normalized spacial score (nSPS) is 36.0. The molecule has 168 valence electrons. The monoisotopic (exact) mass is 422 g/mol. The molecule has 3 heteroatoms. The van der Waals surface area contributed by atoms with E-state index < -0.39 is 12.2 Å². The molecule has 0 heterocycles. The van der Waals surface area contributed by atoms with Gasteiger partial charge in [0.1, 0.15) is 5.75 Å². The molecule has 0 aliphatic heterocycles. The van der Waals surface area contributed by atoms with Gasteiger partial charge >= 0.3 is 0 Å². The number of aliphatic hydroxyl groups excluding tert-OH is 2. The highest BCUT2D eigenvalue weighted by Gasteiger charge is 2.50. The van der Waals surface area contributed by atoms with Crippen LogP contribution in [0.25, 0.3) is 6.08 Å². The molecular formula is C28H38O3. The minimum absolute atomic E-state index is 0.317. The van der Waals surface area contributed by atoms with E-state index in [9.17, 15) is 15.3 Å². The Hall–Kier alpha value is -1.84. The van der Waals surface area contributed by atoms with Crippen LogP contribution in [0.5, 0.6) is 5.75 Å². The molecule has 6 atom stereocenters. The highest BCUT2D eigenvalue weighted by molar-refractivity contribution is 5.51. The Labute approximate surface area is 187 Å². The molecule has 0 spiro atoms. The molecule has 3 aliphatic carbocycles. The van der Waals surface area contributed by atoms with E-state index in [1.807, 2.05) is 18.2 Å². The van der Waals surface area contributed by atoms with Gasteiger partial charge in [0.25, 0.3) is 0 Å². The summed E-state index contributed by atoms with van der Waals surface area (Å²) < 4.78 is 0. The zero-order valence-corrected chi connectivity index (χ0v) is 19.0. The van der Waals surface area contributed by atoms with Crippen LogP contribution in [0, 0.1) is 23.2 Å². The Morgan fingerprint density at radius 1 is 1.10 bits per heavy atom. The van der Waals surface area contributed by atoms with Crippen molar-refractivity contribution in [1.29, 1.82) is 0 Å². The summed E-state index contributed by atoms with van der Waals surface area (Å²) in [6, 6.07) is 7.46. The van der Waals surface area contributed by atoms with Crippen LogP contribution in [0.1, 0.15) is 70.8 Å². The van der Waals surface area contributed by atoms with Crippen molar-refractivity contribution < 1.29 is 15.3 Å². The fourth-order valence-corrected chi connectivity index (χ4v) is 6.70. The van der Waals surface area contributed by atoms with Crippen molar-refractivity contribution in [3.8, 4) is 5.75 Å². The van der Waals surface area contributed by atoms with Gasteiger partial charge in [-0.2, -0.15) is 0 Å². The Kier molecular flexibility index (Phi) is 6.74. The van der Waals surface area contributed by atoms with Crippen molar-refractivity contribution in [1.82, 2.24) is 0 Å². The first kappa shape index (κ1) is 22.4.